The van der Waals surface area contributed by atoms with Crippen molar-refractivity contribution in [3.05, 3.63) is 58.9 Å². The highest BCUT2D eigenvalue weighted by Gasteiger charge is 2.17. The minimum absolute atomic E-state index is 0.0739. The maximum atomic E-state index is 12.3. The Hall–Kier alpha value is -2.73. The lowest BCUT2D eigenvalue weighted by atomic mass is 10.2. The molecule has 0 unspecified atom stereocenters. The van der Waals surface area contributed by atoms with Gasteiger partial charge in [-0.05, 0) is 17.7 Å². The van der Waals surface area contributed by atoms with E-state index in [1.54, 1.807) is 54.1 Å². The Morgan fingerprint density at radius 3 is 2.64 bits per heavy atom. The molecule has 0 radical (unpaired) electrons. The summed E-state index contributed by atoms with van der Waals surface area (Å²) in [5.41, 5.74) is 2.88. The molecule has 25 heavy (non-hydrogen) atoms. The number of benzene rings is 1. The molecule has 2 heterocycles. The molecule has 130 valence electrons. The summed E-state index contributed by atoms with van der Waals surface area (Å²) in [6, 6.07) is 10.7. The summed E-state index contributed by atoms with van der Waals surface area (Å²) < 4.78 is 7.01. The van der Waals surface area contributed by atoms with Crippen LogP contribution in [0.25, 0.3) is 11.1 Å². The number of carbonyl (C=O) groups excluding carboxylic acids is 2. The number of nitrogens with one attached hydrogen (secondary N) is 1. The molecule has 0 aliphatic rings. The Labute approximate surface area is 150 Å². The molecule has 0 atom stereocenters. The van der Waals surface area contributed by atoms with E-state index in [1.165, 1.54) is 0 Å². The average Bonchev–Trinajstić information content (AvgIpc) is 3.17. The van der Waals surface area contributed by atoms with Crippen LogP contribution in [-0.4, -0.2) is 34.9 Å². The van der Waals surface area contributed by atoms with E-state index in [4.69, 9.17) is 16.0 Å². The molecule has 3 rings (SSSR count). The number of aromatic nitrogens is 1. The van der Waals surface area contributed by atoms with E-state index in [0.717, 1.165) is 11.1 Å². The van der Waals surface area contributed by atoms with Gasteiger partial charge in [0.1, 0.15) is 5.69 Å². The molecule has 0 aliphatic heterocycles. The number of rotatable bonds is 5. The first-order valence-corrected chi connectivity index (χ1v) is 8.13. The van der Waals surface area contributed by atoms with E-state index >= 15 is 0 Å². The van der Waals surface area contributed by atoms with Crippen LogP contribution in [0.3, 0.4) is 0 Å². The number of carbonyl (C=O) groups is 2. The molecule has 3 aromatic rings. The van der Waals surface area contributed by atoms with Gasteiger partial charge in [-0.3, -0.25) is 9.59 Å². The predicted octanol–water partition coefficient (Wildman–Crippen LogP) is 2.81. The van der Waals surface area contributed by atoms with Crippen LogP contribution in [-0.2, 0) is 18.4 Å². The fourth-order valence-corrected chi connectivity index (χ4v) is 2.73. The summed E-state index contributed by atoms with van der Waals surface area (Å²) in [7, 11) is 3.47. The smallest absolute Gasteiger partial charge is 0.268 e. The molecule has 0 saturated carbocycles. The van der Waals surface area contributed by atoms with Crippen molar-refractivity contribution in [3.63, 3.8) is 0 Å². The highest BCUT2D eigenvalue weighted by Crippen LogP contribution is 2.19. The second-order valence-corrected chi connectivity index (χ2v) is 6.25. The van der Waals surface area contributed by atoms with Crippen LogP contribution < -0.4 is 5.32 Å². The fraction of sp³-hybridized carbons (Fsp3) is 0.222. The van der Waals surface area contributed by atoms with Gasteiger partial charge in [-0.1, -0.05) is 23.7 Å². The number of amides is 2. The van der Waals surface area contributed by atoms with Crippen LogP contribution in [0.15, 0.2) is 47.1 Å². The molecular weight excluding hydrogens is 342 g/mol. The summed E-state index contributed by atoms with van der Waals surface area (Å²) in [5, 5.41) is 3.30. The zero-order valence-corrected chi connectivity index (χ0v) is 14.7. The van der Waals surface area contributed by atoms with Crippen LogP contribution in [0.1, 0.15) is 16.1 Å². The lowest BCUT2D eigenvalue weighted by Gasteiger charge is -2.17. The van der Waals surface area contributed by atoms with Crippen LogP contribution in [0, 0.1) is 0 Å². The monoisotopic (exact) mass is 359 g/mol. The number of fused-ring (bicyclic) bond motifs is 1. The van der Waals surface area contributed by atoms with E-state index in [9.17, 15) is 9.59 Å². The Balaban J connectivity index is 1.57. The Kier molecular flexibility index (Phi) is 4.81. The molecule has 0 saturated heterocycles. The Morgan fingerprint density at radius 1 is 1.24 bits per heavy atom. The van der Waals surface area contributed by atoms with Crippen molar-refractivity contribution in [3.8, 4) is 0 Å². The molecule has 6 nitrogen and oxygen atoms in total. The van der Waals surface area contributed by atoms with Crippen LogP contribution in [0.4, 0.5) is 0 Å². The first-order valence-electron chi connectivity index (χ1n) is 7.75. The van der Waals surface area contributed by atoms with Crippen molar-refractivity contribution in [2.75, 3.05) is 13.6 Å². The summed E-state index contributed by atoms with van der Waals surface area (Å²) in [4.78, 5) is 26.1. The molecule has 1 N–H and O–H groups in total. The van der Waals surface area contributed by atoms with Crippen molar-refractivity contribution in [1.82, 2.24) is 14.8 Å². The first kappa shape index (κ1) is 17.1. The number of likely N-dealkylation sites (N-methyl/N-ethyl adjacent to an activating group) is 1. The molecule has 2 amide bonds. The molecule has 0 bridgehead atoms. The highest BCUT2D eigenvalue weighted by atomic mass is 35.5. The SMILES string of the molecule is CN(Cc1ccc(Cl)cc1)C(=O)CNC(=O)c1cc2occc2n1C. The second kappa shape index (κ2) is 7.03. The van der Waals surface area contributed by atoms with E-state index in [1.807, 2.05) is 12.1 Å². The van der Waals surface area contributed by atoms with Gasteiger partial charge in [-0.25, -0.2) is 0 Å². The Bertz CT molecular complexity index is 911. The molecule has 7 heteroatoms. The quantitative estimate of drug-likeness (QED) is 0.761. The maximum Gasteiger partial charge on any atom is 0.268 e. The van der Waals surface area contributed by atoms with Gasteiger partial charge in [0, 0.05) is 37.8 Å². The largest absolute Gasteiger partial charge is 0.463 e. The third kappa shape index (κ3) is 3.69. The van der Waals surface area contributed by atoms with Crippen LogP contribution in [0.5, 0.6) is 0 Å². The number of furan rings is 1. The zero-order chi connectivity index (χ0) is 18.0. The van der Waals surface area contributed by atoms with Gasteiger partial charge in [0.2, 0.25) is 5.91 Å². The van der Waals surface area contributed by atoms with Crippen molar-refractivity contribution >= 4 is 34.5 Å². The number of nitrogens with zero attached hydrogens (tertiary/aromatic N) is 2. The van der Waals surface area contributed by atoms with Crippen LogP contribution in [0.2, 0.25) is 5.02 Å². The second-order valence-electron chi connectivity index (χ2n) is 5.82. The summed E-state index contributed by atoms with van der Waals surface area (Å²) in [6.07, 6.45) is 1.57. The van der Waals surface area contributed by atoms with Gasteiger partial charge in [0.25, 0.3) is 5.91 Å². The summed E-state index contributed by atoms with van der Waals surface area (Å²) >= 11 is 5.85. The standard InChI is InChI=1S/C18H18ClN3O3/c1-21(11-12-3-5-13(19)6-4-12)17(23)10-20-18(24)15-9-16-14(22(15)2)7-8-25-16/h3-9H,10-11H2,1-2H3,(H,20,24). The third-order valence-electron chi connectivity index (χ3n) is 4.06. The minimum Gasteiger partial charge on any atom is -0.463 e. The van der Waals surface area contributed by atoms with Crippen molar-refractivity contribution < 1.29 is 14.0 Å². The van der Waals surface area contributed by atoms with Crippen LogP contribution >= 0.6 is 11.6 Å². The third-order valence-corrected chi connectivity index (χ3v) is 4.31. The Morgan fingerprint density at radius 2 is 1.96 bits per heavy atom. The minimum atomic E-state index is -0.317. The molecule has 0 fully saturated rings. The number of hydrogen-bond donors (Lipinski definition) is 1. The fourth-order valence-electron chi connectivity index (χ4n) is 2.60. The average molecular weight is 360 g/mol. The van der Waals surface area contributed by atoms with Crippen molar-refractivity contribution in [2.24, 2.45) is 7.05 Å². The molecule has 0 spiro atoms. The van der Waals surface area contributed by atoms with Gasteiger partial charge in [-0.2, -0.15) is 0 Å². The van der Waals surface area contributed by atoms with Gasteiger partial charge in [-0.15, -0.1) is 0 Å². The molecular formula is C18H18ClN3O3. The zero-order valence-electron chi connectivity index (χ0n) is 14.0. The lowest BCUT2D eigenvalue weighted by Crippen LogP contribution is -2.38. The van der Waals surface area contributed by atoms with E-state index < -0.39 is 0 Å². The molecule has 1 aromatic carbocycles. The van der Waals surface area contributed by atoms with E-state index in [2.05, 4.69) is 5.32 Å². The lowest BCUT2D eigenvalue weighted by molar-refractivity contribution is -0.129. The normalized spacial score (nSPS) is 10.8. The number of aryl methyl sites for hydroxylation is 1. The molecule has 0 aliphatic carbocycles. The van der Waals surface area contributed by atoms with Crippen molar-refractivity contribution in [1.29, 1.82) is 0 Å². The van der Waals surface area contributed by atoms with Gasteiger partial charge in [0.05, 0.1) is 18.3 Å². The van der Waals surface area contributed by atoms with Gasteiger partial charge < -0.3 is 19.2 Å². The van der Waals surface area contributed by atoms with Gasteiger partial charge in [0.15, 0.2) is 5.58 Å². The summed E-state index contributed by atoms with van der Waals surface area (Å²) in [5.74, 6) is -0.497. The van der Waals surface area contributed by atoms with E-state index in [0.29, 0.717) is 22.8 Å². The highest BCUT2D eigenvalue weighted by molar-refractivity contribution is 6.30. The van der Waals surface area contributed by atoms with E-state index in [-0.39, 0.29) is 18.4 Å². The topological polar surface area (TPSA) is 67.5 Å². The number of halogens is 1. The van der Waals surface area contributed by atoms with Gasteiger partial charge >= 0.3 is 0 Å². The number of hydrogen-bond acceptors (Lipinski definition) is 3. The maximum absolute atomic E-state index is 12.3. The predicted molar refractivity (Wildman–Crippen MR) is 95.4 cm³/mol. The van der Waals surface area contributed by atoms with Crippen molar-refractivity contribution in [2.45, 2.75) is 6.54 Å². The first-order chi connectivity index (χ1) is 12.0. The molecule has 2 aromatic heterocycles. The summed E-state index contributed by atoms with van der Waals surface area (Å²) in [6.45, 7) is 0.373.